The van der Waals surface area contributed by atoms with E-state index in [2.05, 4.69) is 45.2 Å². The van der Waals surface area contributed by atoms with Crippen molar-refractivity contribution in [2.45, 2.75) is 0 Å². The van der Waals surface area contributed by atoms with Crippen molar-refractivity contribution in [3.8, 4) is 0 Å². The first-order valence-corrected chi connectivity index (χ1v) is 4.00. The Hall–Kier alpha value is -0.461. The molecule has 0 amide bonds. The normalized spacial score (nSPS) is 9.40. The van der Waals surface area contributed by atoms with E-state index in [0.717, 1.165) is 0 Å². The third-order valence-corrected chi connectivity index (χ3v) is 1.92. The van der Waals surface area contributed by atoms with E-state index < -0.39 is 0 Å². The molecule has 0 aromatic heterocycles. The van der Waals surface area contributed by atoms with Gasteiger partial charge in [-0.25, -0.2) is 0 Å². The van der Waals surface area contributed by atoms with Crippen LogP contribution in [0.3, 0.4) is 0 Å². The summed E-state index contributed by atoms with van der Waals surface area (Å²) in [6.07, 6.45) is 0. The molecule has 1 aromatic carbocycles. The van der Waals surface area contributed by atoms with Gasteiger partial charge in [0, 0.05) is 0 Å². The Labute approximate surface area is 69.9 Å². The average molecular weight is 199 g/mol. The molecule has 0 N–H and O–H groups in total. The summed E-state index contributed by atoms with van der Waals surface area (Å²) in [4.78, 5) is 2.08. The van der Waals surface area contributed by atoms with Gasteiger partial charge in [-0.1, -0.05) is 0 Å². The molecule has 1 nitrogen and oxygen atoms in total. The van der Waals surface area contributed by atoms with Crippen LogP contribution in [0.15, 0.2) is 24.3 Å². The minimum atomic E-state index is 1.19. The van der Waals surface area contributed by atoms with Crippen molar-refractivity contribution in [2.24, 2.45) is 0 Å². The second-order valence-corrected chi connectivity index (χ2v) is 3.38. The Morgan fingerprint density at radius 2 is 1.60 bits per heavy atom. The Kier molecular flexibility index (Phi) is 2.36. The molecule has 0 heterocycles. The molecular weight excluding hydrogens is 189 g/mol. The summed E-state index contributed by atoms with van der Waals surface area (Å²) in [6, 6.07) is 8.31. The van der Waals surface area contributed by atoms with Gasteiger partial charge in [0.05, 0.1) is 0 Å². The van der Waals surface area contributed by atoms with E-state index in [4.69, 9.17) is 0 Å². The van der Waals surface area contributed by atoms with Gasteiger partial charge < -0.3 is 0 Å². The molecule has 2 radical (unpaired) electrons. The van der Waals surface area contributed by atoms with Gasteiger partial charge in [0.25, 0.3) is 0 Å². The van der Waals surface area contributed by atoms with Gasteiger partial charge in [0.2, 0.25) is 0 Å². The number of benzene rings is 1. The van der Waals surface area contributed by atoms with E-state index in [0.29, 0.717) is 0 Å². The van der Waals surface area contributed by atoms with Crippen LogP contribution in [0, 0.1) is 0 Å². The molecule has 0 aliphatic carbocycles. The van der Waals surface area contributed by atoms with Crippen LogP contribution < -0.4 is 9.36 Å². The predicted molar refractivity (Wildman–Crippen MR) is 46.2 cm³/mol. The Morgan fingerprint density at radius 3 is 2.00 bits per heavy atom. The maximum atomic E-state index is 2.95. The Bertz CT molecular complexity index is 203. The van der Waals surface area contributed by atoms with Crippen LogP contribution >= 0.6 is 0 Å². The molecule has 0 unspecified atom stereocenters. The maximum absolute atomic E-state index is 2.95. The van der Waals surface area contributed by atoms with E-state index in [1.54, 1.807) is 0 Å². The molecule has 0 atom stereocenters. The zero-order valence-electron chi connectivity index (χ0n) is 6.16. The van der Waals surface area contributed by atoms with E-state index in [1.165, 1.54) is 10.1 Å². The van der Waals surface area contributed by atoms with Crippen molar-refractivity contribution in [3.63, 3.8) is 0 Å². The second kappa shape index (κ2) is 3.09. The number of hydrogen-bond acceptors (Lipinski definition) is 1. The van der Waals surface area contributed by atoms with Crippen LogP contribution in [-0.2, 0) is 0 Å². The molecule has 1 aromatic rings. The SMILES string of the molecule is CN(C)c1ccc([Se+])cc1. The first kappa shape index (κ1) is 7.64. The monoisotopic (exact) mass is 200 g/mol. The molecule has 0 saturated heterocycles. The topological polar surface area (TPSA) is 3.24 Å². The van der Waals surface area contributed by atoms with Crippen LogP contribution in [0.1, 0.15) is 0 Å². The van der Waals surface area contributed by atoms with Crippen LogP contribution in [0.25, 0.3) is 0 Å². The minimum absolute atomic E-state index is 1.19. The third kappa shape index (κ3) is 1.76. The molecule has 0 bridgehead atoms. The summed E-state index contributed by atoms with van der Waals surface area (Å²) in [6.45, 7) is 0. The van der Waals surface area contributed by atoms with E-state index >= 15 is 0 Å². The van der Waals surface area contributed by atoms with Crippen molar-refractivity contribution >= 4 is 26.2 Å². The molecule has 0 spiro atoms. The van der Waals surface area contributed by atoms with Crippen LogP contribution in [-0.4, -0.2) is 30.1 Å². The van der Waals surface area contributed by atoms with E-state index in [1.807, 2.05) is 14.1 Å². The number of nitrogens with zero attached hydrogens (tertiary/aromatic N) is 1. The van der Waals surface area contributed by atoms with Crippen molar-refractivity contribution in [3.05, 3.63) is 24.3 Å². The zero-order valence-corrected chi connectivity index (χ0v) is 7.88. The average Bonchev–Trinajstić information content (AvgIpc) is 1.88. The predicted octanol–water partition coefficient (Wildman–Crippen LogP) is 0.546. The summed E-state index contributed by atoms with van der Waals surface area (Å²) in [5.41, 5.74) is 1.24. The molecule has 52 valence electrons. The summed E-state index contributed by atoms with van der Waals surface area (Å²) >= 11 is 2.95. The molecule has 1 rings (SSSR count). The van der Waals surface area contributed by atoms with Gasteiger partial charge in [0.1, 0.15) is 0 Å². The van der Waals surface area contributed by atoms with Crippen molar-refractivity contribution < 1.29 is 0 Å². The van der Waals surface area contributed by atoms with Crippen LogP contribution in [0.5, 0.6) is 0 Å². The zero-order chi connectivity index (χ0) is 7.56. The summed E-state index contributed by atoms with van der Waals surface area (Å²) in [5, 5.41) is 0. The Morgan fingerprint density at radius 1 is 1.10 bits per heavy atom. The quantitative estimate of drug-likeness (QED) is 0.597. The number of rotatable bonds is 1. The van der Waals surface area contributed by atoms with Gasteiger partial charge in [-0.3, -0.25) is 0 Å². The van der Waals surface area contributed by atoms with Crippen molar-refractivity contribution in [1.82, 2.24) is 0 Å². The molecule has 2 heteroatoms. The molecular formula is C8H10NSe+. The Balaban J connectivity index is 2.89. The number of hydrogen-bond donors (Lipinski definition) is 0. The standard InChI is InChI=1S/C8H10NSe/c1-9(2)7-3-5-8(10)6-4-7/h3-6H,1-2H3/q+1. The fraction of sp³-hybridized carbons (Fsp3) is 0.250. The second-order valence-electron chi connectivity index (χ2n) is 2.39. The molecule has 0 aliphatic heterocycles. The van der Waals surface area contributed by atoms with Gasteiger partial charge in [-0.2, -0.15) is 0 Å². The molecule has 0 fully saturated rings. The molecule has 0 aliphatic rings. The van der Waals surface area contributed by atoms with Gasteiger partial charge in [-0.05, 0) is 0 Å². The summed E-state index contributed by atoms with van der Waals surface area (Å²) in [7, 11) is 4.07. The van der Waals surface area contributed by atoms with Crippen LogP contribution in [0.4, 0.5) is 5.69 Å². The van der Waals surface area contributed by atoms with Gasteiger partial charge >= 0.3 is 69.4 Å². The number of anilines is 1. The van der Waals surface area contributed by atoms with E-state index in [-0.39, 0.29) is 0 Å². The van der Waals surface area contributed by atoms with Crippen molar-refractivity contribution in [1.29, 1.82) is 0 Å². The van der Waals surface area contributed by atoms with Gasteiger partial charge in [-0.15, -0.1) is 0 Å². The first-order valence-electron chi connectivity index (χ1n) is 3.14. The van der Waals surface area contributed by atoms with Crippen molar-refractivity contribution in [2.75, 3.05) is 19.0 Å². The fourth-order valence-electron chi connectivity index (χ4n) is 0.744. The fourth-order valence-corrected chi connectivity index (χ4v) is 1.03. The summed E-state index contributed by atoms with van der Waals surface area (Å²) in [5.74, 6) is 0. The first-order chi connectivity index (χ1) is 4.70. The molecule has 10 heavy (non-hydrogen) atoms. The third-order valence-electron chi connectivity index (χ3n) is 1.35. The van der Waals surface area contributed by atoms with E-state index in [9.17, 15) is 0 Å². The summed E-state index contributed by atoms with van der Waals surface area (Å²) < 4.78 is 1.19. The molecule has 0 saturated carbocycles. The van der Waals surface area contributed by atoms with Crippen LogP contribution in [0.2, 0.25) is 0 Å². The van der Waals surface area contributed by atoms with Gasteiger partial charge in [0.15, 0.2) is 0 Å².